The summed E-state index contributed by atoms with van der Waals surface area (Å²) in [7, 11) is 1.79. The third-order valence-corrected chi connectivity index (χ3v) is 4.23. The average molecular weight is 311 g/mol. The van der Waals surface area contributed by atoms with Crippen LogP contribution < -0.4 is 5.32 Å². The first-order valence-electron chi connectivity index (χ1n) is 7.22. The molecule has 1 N–H and O–H groups in total. The molecule has 5 nitrogen and oxygen atoms in total. The average Bonchev–Trinajstić information content (AvgIpc) is 2.42. The van der Waals surface area contributed by atoms with Crippen LogP contribution in [0, 0.1) is 13.8 Å². The smallest absolute Gasteiger partial charge is 0.326 e. The van der Waals surface area contributed by atoms with Gasteiger partial charge in [0.2, 0.25) is 0 Å². The number of aryl methyl sites for hydroxylation is 2. The van der Waals surface area contributed by atoms with E-state index in [1.165, 1.54) is 0 Å². The molecule has 0 bridgehead atoms. The summed E-state index contributed by atoms with van der Waals surface area (Å²) >= 11 is 1.62. The number of hydrogen-bond donors (Lipinski definition) is 1. The lowest BCUT2D eigenvalue weighted by Gasteiger charge is -2.26. The van der Waals surface area contributed by atoms with Crippen LogP contribution >= 0.6 is 11.8 Å². The second-order valence-corrected chi connectivity index (χ2v) is 6.25. The molecule has 0 aliphatic rings. The van der Waals surface area contributed by atoms with Gasteiger partial charge in [0.1, 0.15) is 5.54 Å². The van der Waals surface area contributed by atoms with E-state index >= 15 is 0 Å². The van der Waals surface area contributed by atoms with E-state index in [1.54, 1.807) is 18.8 Å². The van der Waals surface area contributed by atoms with E-state index in [4.69, 9.17) is 4.74 Å². The monoisotopic (exact) mass is 311 g/mol. The summed E-state index contributed by atoms with van der Waals surface area (Å²) in [5, 5.41) is 3.87. The number of carbonyl (C=O) groups is 1. The minimum absolute atomic E-state index is 0.194. The molecule has 1 aromatic heterocycles. The molecule has 0 amide bonds. The van der Waals surface area contributed by atoms with Crippen molar-refractivity contribution in [3.8, 4) is 0 Å². The summed E-state index contributed by atoms with van der Waals surface area (Å²) in [4.78, 5) is 20.7. The SMILES string of the molecule is CCOC(=O)C(C)(CCCSc1nc(C)cc(C)n1)NC. The number of rotatable bonds is 8. The molecule has 0 fully saturated rings. The number of esters is 1. The molecular weight excluding hydrogens is 286 g/mol. The van der Waals surface area contributed by atoms with Gasteiger partial charge in [-0.15, -0.1) is 0 Å². The first-order chi connectivity index (χ1) is 9.91. The maximum atomic E-state index is 11.9. The molecule has 0 aliphatic carbocycles. The van der Waals surface area contributed by atoms with Gasteiger partial charge in [-0.3, -0.25) is 4.79 Å². The van der Waals surface area contributed by atoms with Crippen molar-refractivity contribution in [2.45, 2.75) is 51.2 Å². The molecule has 118 valence electrons. The number of nitrogens with one attached hydrogen (secondary N) is 1. The van der Waals surface area contributed by atoms with Crippen molar-refractivity contribution < 1.29 is 9.53 Å². The molecule has 1 atom stereocenters. The van der Waals surface area contributed by atoms with Crippen LogP contribution in [0.3, 0.4) is 0 Å². The normalized spacial score (nSPS) is 13.8. The predicted octanol–water partition coefficient (Wildman–Crippen LogP) is 2.51. The third-order valence-electron chi connectivity index (χ3n) is 3.29. The Bertz CT molecular complexity index is 462. The van der Waals surface area contributed by atoms with Crippen LogP contribution in [0.4, 0.5) is 0 Å². The Morgan fingerprint density at radius 2 is 2.00 bits per heavy atom. The van der Waals surface area contributed by atoms with Crippen LogP contribution in [0.25, 0.3) is 0 Å². The molecule has 0 saturated heterocycles. The van der Waals surface area contributed by atoms with E-state index in [2.05, 4.69) is 15.3 Å². The second kappa shape index (κ2) is 8.34. The summed E-state index contributed by atoms with van der Waals surface area (Å²) in [5.74, 6) is 0.680. The highest BCUT2D eigenvalue weighted by Crippen LogP contribution is 2.20. The molecule has 0 aliphatic heterocycles. The van der Waals surface area contributed by atoms with Crippen molar-refractivity contribution in [3.63, 3.8) is 0 Å². The number of hydrogen-bond acceptors (Lipinski definition) is 6. The second-order valence-electron chi connectivity index (χ2n) is 5.19. The van der Waals surface area contributed by atoms with E-state index in [-0.39, 0.29) is 5.97 Å². The Labute approximate surface area is 131 Å². The highest BCUT2D eigenvalue weighted by molar-refractivity contribution is 7.99. The van der Waals surface area contributed by atoms with Gasteiger partial charge in [0, 0.05) is 17.1 Å². The number of nitrogens with zero attached hydrogens (tertiary/aromatic N) is 2. The first-order valence-corrected chi connectivity index (χ1v) is 8.21. The van der Waals surface area contributed by atoms with Crippen molar-refractivity contribution in [2.24, 2.45) is 0 Å². The van der Waals surface area contributed by atoms with Gasteiger partial charge in [0.25, 0.3) is 0 Å². The number of aromatic nitrogens is 2. The van der Waals surface area contributed by atoms with Gasteiger partial charge in [-0.2, -0.15) is 0 Å². The third kappa shape index (κ3) is 5.63. The molecule has 0 saturated carbocycles. The van der Waals surface area contributed by atoms with Crippen LogP contribution in [0.5, 0.6) is 0 Å². The highest BCUT2D eigenvalue weighted by Gasteiger charge is 2.32. The quantitative estimate of drug-likeness (QED) is 0.344. The van der Waals surface area contributed by atoms with Crippen LogP contribution in [-0.4, -0.2) is 40.9 Å². The van der Waals surface area contributed by atoms with E-state index in [1.807, 2.05) is 33.8 Å². The minimum atomic E-state index is -0.625. The van der Waals surface area contributed by atoms with Crippen molar-refractivity contribution in [1.82, 2.24) is 15.3 Å². The summed E-state index contributed by atoms with van der Waals surface area (Å²) in [6, 6.07) is 1.96. The summed E-state index contributed by atoms with van der Waals surface area (Å²) in [5.41, 5.74) is 1.34. The molecule has 0 radical (unpaired) electrons. The van der Waals surface area contributed by atoms with E-state index in [0.717, 1.165) is 35.1 Å². The van der Waals surface area contributed by atoms with Gasteiger partial charge in [-0.1, -0.05) is 11.8 Å². The topological polar surface area (TPSA) is 64.1 Å². The van der Waals surface area contributed by atoms with Gasteiger partial charge in [-0.05, 0) is 53.7 Å². The van der Waals surface area contributed by atoms with Crippen LogP contribution in [0.1, 0.15) is 38.1 Å². The molecule has 0 spiro atoms. The molecule has 0 aromatic carbocycles. The standard InChI is InChI=1S/C15H25N3O2S/c1-6-20-13(19)15(4,16-5)8-7-9-21-14-17-11(2)10-12(3)18-14/h10,16H,6-9H2,1-5H3. The largest absolute Gasteiger partial charge is 0.465 e. The molecule has 6 heteroatoms. The van der Waals surface area contributed by atoms with Crippen molar-refractivity contribution in [1.29, 1.82) is 0 Å². The molecule has 21 heavy (non-hydrogen) atoms. The Hall–Kier alpha value is -1.14. The van der Waals surface area contributed by atoms with E-state index in [0.29, 0.717) is 6.61 Å². The lowest BCUT2D eigenvalue weighted by molar-refractivity contribution is -0.150. The van der Waals surface area contributed by atoms with Crippen molar-refractivity contribution in [3.05, 3.63) is 17.5 Å². The minimum Gasteiger partial charge on any atom is -0.465 e. The molecule has 1 heterocycles. The number of carbonyl (C=O) groups excluding carboxylic acids is 1. The predicted molar refractivity (Wildman–Crippen MR) is 85.6 cm³/mol. The van der Waals surface area contributed by atoms with Crippen LogP contribution in [0.2, 0.25) is 0 Å². The maximum Gasteiger partial charge on any atom is 0.326 e. The Kier molecular flexibility index (Phi) is 7.11. The molecule has 1 aromatic rings. The molecule has 1 rings (SSSR count). The highest BCUT2D eigenvalue weighted by atomic mass is 32.2. The summed E-state index contributed by atoms with van der Waals surface area (Å²) in [6.07, 6.45) is 1.61. The van der Waals surface area contributed by atoms with E-state index in [9.17, 15) is 4.79 Å². The zero-order chi connectivity index (χ0) is 15.9. The first kappa shape index (κ1) is 17.9. The number of thioether (sulfide) groups is 1. The molecular formula is C15H25N3O2S. The van der Waals surface area contributed by atoms with E-state index < -0.39 is 5.54 Å². The van der Waals surface area contributed by atoms with Gasteiger partial charge < -0.3 is 10.1 Å². The van der Waals surface area contributed by atoms with Gasteiger partial charge in [0.15, 0.2) is 5.16 Å². The zero-order valence-electron chi connectivity index (χ0n) is 13.5. The number of likely N-dealkylation sites (N-methyl/N-ethyl adjacent to an activating group) is 1. The Balaban J connectivity index is 2.46. The lowest BCUT2D eigenvalue weighted by Crippen LogP contribution is -2.48. The van der Waals surface area contributed by atoms with Crippen LogP contribution in [0.15, 0.2) is 11.2 Å². The Morgan fingerprint density at radius 1 is 1.38 bits per heavy atom. The van der Waals surface area contributed by atoms with Gasteiger partial charge in [0.05, 0.1) is 6.61 Å². The fourth-order valence-electron chi connectivity index (χ4n) is 1.97. The van der Waals surface area contributed by atoms with Gasteiger partial charge in [-0.25, -0.2) is 9.97 Å². The summed E-state index contributed by atoms with van der Waals surface area (Å²) in [6.45, 7) is 8.04. The van der Waals surface area contributed by atoms with Gasteiger partial charge >= 0.3 is 5.97 Å². The van der Waals surface area contributed by atoms with Crippen molar-refractivity contribution >= 4 is 17.7 Å². The van der Waals surface area contributed by atoms with Crippen molar-refractivity contribution in [2.75, 3.05) is 19.4 Å². The summed E-state index contributed by atoms with van der Waals surface area (Å²) < 4.78 is 5.11. The maximum absolute atomic E-state index is 11.9. The lowest BCUT2D eigenvalue weighted by atomic mass is 9.97. The molecule has 1 unspecified atom stereocenters. The Morgan fingerprint density at radius 3 is 2.52 bits per heavy atom. The van der Waals surface area contributed by atoms with Crippen LogP contribution in [-0.2, 0) is 9.53 Å². The fourth-order valence-corrected chi connectivity index (χ4v) is 2.86. The zero-order valence-corrected chi connectivity index (χ0v) is 14.3. The fraction of sp³-hybridized carbons (Fsp3) is 0.667. The number of ether oxygens (including phenoxy) is 1.